The number of aliphatic hydroxyl groups excluding tert-OH is 3. The minimum atomic E-state index is -0.299. The Bertz CT molecular complexity index is 2180. The first-order chi connectivity index (χ1) is 55.6. The van der Waals surface area contributed by atoms with E-state index in [0.29, 0.717) is 90.6 Å². The average molecular weight is 1650 g/mol. The Morgan fingerprint density at radius 1 is 0.374 bits per heavy atom. The summed E-state index contributed by atoms with van der Waals surface area (Å²) in [6.45, 7) is 2.89. The quantitative estimate of drug-likeness (QED) is 0.0332. The highest BCUT2D eigenvalue weighted by molar-refractivity contribution is 5.84. The number of carbonyl (C=O) groups is 3. The van der Waals surface area contributed by atoms with E-state index in [2.05, 4.69) is 75.3 Å². The number of ether oxygens (including phenoxy) is 6. The van der Waals surface area contributed by atoms with Crippen LogP contribution in [0.2, 0.25) is 0 Å². The molecular weight excluding hydrogens is 1460 g/mol. The zero-order valence-corrected chi connectivity index (χ0v) is 75.9. The number of aliphatic hydroxyl groups is 3. The number of nitrogens with zero attached hydrogens (tertiary/aromatic N) is 1. The molecule has 684 valence electrons. The number of methoxy groups -OCH3 is 3. The van der Waals surface area contributed by atoms with Crippen LogP contribution in [0.25, 0.3) is 0 Å². The Balaban J connectivity index is 0.00000124. The Kier molecular flexibility index (Phi) is 73.2. The molecular formula is C87H183N15O13. The van der Waals surface area contributed by atoms with E-state index < -0.39 is 0 Å². The fourth-order valence-corrected chi connectivity index (χ4v) is 16.9. The number of hydrogen-bond donors (Lipinski definition) is 18. The first-order valence-corrected chi connectivity index (χ1v) is 45.4. The van der Waals surface area contributed by atoms with Crippen LogP contribution in [0.15, 0.2) is 5.16 Å². The molecule has 21 N–H and O–H groups in total. The molecule has 0 bridgehead atoms. The van der Waals surface area contributed by atoms with Gasteiger partial charge in [0.25, 0.3) is 0 Å². The summed E-state index contributed by atoms with van der Waals surface area (Å²) in [7, 11) is 28.6. The van der Waals surface area contributed by atoms with Gasteiger partial charge in [0.05, 0.1) is 55.4 Å². The van der Waals surface area contributed by atoms with E-state index in [1.165, 1.54) is 135 Å². The van der Waals surface area contributed by atoms with Crippen molar-refractivity contribution in [1.82, 2.24) is 58.5 Å². The number of rotatable bonds is 19. The molecule has 11 saturated carbocycles. The summed E-state index contributed by atoms with van der Waals surface area (Å²) in [5, 5.41) is 74.6. The van der Waals surface area contributed by atoms with Crippen LogP contribution in [-0.2, 0) is 42.8 Å². The Hall–Kier alpha value is -2.76. The number of likely N-dealkylation sites (N-methyl/N-ethyl adjacent to an activating group) is 4. The van der Waals surface area contributed by atoms with Crippen molar-refractivity contribution >= 4 is 23.4 Å². The molecule has 0 heterocycles. The summed E-state index contributed by atoms with van der Waals surface area (Å²) in [5.41, 5.74) is 17.0. The molecule has 28 nitrogen and oxygen atoms in total. The minimum Gasteiger partial charge on any atom is -0.461 e. The monoisotopic (exact) mass is 1650 g/mol. The summed E-state index contributed by atoms with van der Waals surface area (Å²) < 4.78 is 30.8. The molecule has 0 radical (unpaired) electrons. The highest BCUT2D eigenvalue weighted by Gasteiger charge is 2.29. The molecule has 0 amide bonds. The predicted molar refractivity (Wildman–Crippen MR) is 473 cm³/mol. The van der Waals surface area contributed by atoms with Gasteiger partial charge in [-0.25, -0.2) is 0 Å². The molecule has 0 aromatic carbocycles. The van der Waals surface area contributed by atoms with Crippen molar-refractivity contribution in [3.05, 3.63) is 0 Å². The summed E-state index contributed by atoms with van der Waals surface area (Å²) >= 11 is 0. The predicted octanol–water partition coefficient (Wildman–Crippen LogP) is 7.88. The third kappa shape index (κ3) is 55.8. The maximum Gasteiger partial charge on any atom is 0.320 e. The maximum atomic E-state index is 11.0. The topological polar surface area (TPSA) is 410 Å². The molecule has 12 unspecified atom stereocenters. The Labute approximate surface area is 700 Å². The third-order valence-electron chi connectivity index (χ3n) is 24.8. The summed E-state index contributed by atoms with van der Waals surface area (Å²) in [6.07, 6.45) is 51.1. The van der Waals surface area contributed by atoms with Gasteiger partial charge in [0.2, 0.25) is 0 Å². The molecule has 0 aromatic heterocycles. The van der Waals surface area contributed by atoms with Gasteiger partial charge in [-0.3, -0.25) is 14.4 Å². The van der Waals surface area contributed by atoms with Crippen LogP contribution in [0.5, 0.6) is 0 Å². The van der Waals surface area contributed by atoms with Crippen molar-refractivity contribution in [2.45, 2.75) is 411 Å². The number of nitrogens with one attached hydrogen (secondary N) is 11. The van der Waals surface area contributed by atoms with E-state index in [1.54, 1.807) is 21.3 Å². The third-order valence-corrected chi connectivity index (χ3v) is 24.8. The Morgan fingerprint density at radius 3 is 1.14 bits per heavy atom. The van der Waals surface area contributed by atoms with Crippen molar-refractivity contribution in [2.24, 2.45) is 22.4 Å². The van der Waals surface area contributed by atoms with Crippen LogP contribution in [0.4, 0.5) is 0 Å². The molecule has 0 saturated heterocycles. The number of hydrogen-bond acceptors (Lipinski definition) is 28. The molecule has 28 heteroatoms. The lowest BCUT2D eigenvalue weighted by atomic mass is 9.92. The fraction of sp³-hybridized carbons (Fsp3) is 0.954. The minimum absolute atomic E-state index is 0.00798. The highest BCUT2D eigenvalue weighted by atomic mass is 16.5. The van der Waals surface area contributed by atoms with Gasteiger partial charge in [0.15, 0.2) is 0 Å². The first kappa shape index (κ1) is 112. The van der Waals surface area contributed by atoms with Crippen molar-refractivity contribution in [1.29, 1.82) is 0 Å². The normalized spacial score (nSPS) is 31.2. The largest absolute Gasteiger partial charge is 0.461 e. The van der Waals surface area contributed by atoms with Crippen LogP contribution in [0.3, 0.4) is 0 Å². The SMILES string of the molecule is CCOC1CCCCC1NC.CNC1CCC(=NO)CC1.CNC1CCC(=O)CC1.CNC1CCC(N)CC1.CNC1CCC(O)CC1.CNC1CCC(OC(=O)CN)CC1.CNC1CCCC(O)C1.CNC1CCCC(OC)C1.CNC1CCCCC1O.CNC1CCCCC1OC.CNC1CCCCC1OC(=O)CN.COC. The van der Waals surface area contributed by atoms with E-state index in [0.717, 1.165) is 166 Å². The van der Waals surface area contributed by atoms with Crippen LogP contribution < -0.4 is 75.7 Å². The molecule has 11 fully saturated rings. The fourth-order valence-electron chi connectivity index (χ4n) is 16.9. The second kappa shape index (κ2) is 75.0. The molecule has 11 aliphatic carbocycles. The second-order valence-corrected chi connectivity index (χ2v) is 33.0. The summed E-state index contributed by atoms with van der Waals surface area (Å²) in [6, 6.07) is 6.83. The number of ketones is 1. The molecule has 0 spiro atoms. The molecule has 115 heavy (non-hydrogen) atoms. The lowest BCUT2D eigenvalue weighted by molar-refractivity contribution is -0.150. The molecule has 0 aliphatic heterocycles. The smallest absolute Gasteiger partial charge is 0.320 e. The molecule has 11 rings (SSSR count). The van der Waals surface area contributed by atoms with E-state index in [1.807, 2.05) is 84.6 Å². The second-order valence-electron chi connectivity index (χ2n) is 33.0. The zero-order chi connectivity index (χ0) is 85.8. The van der Waals surface area contributed by atoms with Crippen molar-refractivity contribution in [3.8, 4) is 0 Å². The van der Waals surface area contributed by atoms with Gasteiger partial charge in [-0.1, -0.05) is 50.1 Å². The van der Waals surface area contributed by atoms with E-state index >= 15 is 0 Å². The highest BCUT2D eigenvalue weighted by Crippen LogP contribution is 2.27. The van der Waals surface area contributed by atoms with Crippen LogP contribution in [0, 0.1) is 0 Å². The molecule has 11 aliphatic rings. The van der Waals surface area contributed by atoms with Crippen molar-refractivity contribution < 1.29 is 63.3 Å². The van der Waals surface area contributed by atoms with Gasteiger partial charge in [0, 0.05) is 120 Å². The van der Waals surface area contributed by atoms with Gasteiger partial charge in [-0.2, -0.15) is 0 Å². The van der Waals surface area contributed by atoms with Crippen molar-refractivity contribution in [2.75, 3.05) is 126 Å². The number of Topliss-reactive ketones (excluding diaryl/α,β-unsaturated/α-hetero) is 1. The molecule has 0 aromatic rings. The van der Waals surface area contributed by atoms with Crippen LogP contribution >= 0.6 is 0 Å². The lowest BCUT2D eigenvalue weighted by Gasteiger charge is -2.30. The molecule has 12 atom stereocenters. The summed E-state index contributed by atoms with van der Waals surface area (Å²) in [4.78, 5) is 32.5. The van der Waals surface area contributed by atoms with Crippen LogP contribution in [-0.4, -0.2) is 291 Å². The first-order valence-electron chi connectivity index (χ1n) is 45.4. The van der Waals surface area contributed by atoms with Gasteiger partial charge in [-0.15, -0.1) is 0 Å². The van der Waals surface area contributed by atoms with Gasteiger partial charge in [-0.05, 0) is 309 Å². The Morgan fingerprint density at radius 2 is 0.748 bits per heavy atom. The van der Waals surface area contributed by atoms with Crippen molar-refractivity contribution in [3.63, 3.8) is 0 Å². The number of carbonyl (C=O) groups excluding carboxylic acids is 3. The van der Waals surface area contributed by atoms with Gasteiger partial charge < -0.3 is 125 Å². The van der Waals surface area contributed by atoms with E-state index in [9.17, 15) is 24.6 Å². The van der Waals surface area contributed by atoms with Crippen LogP contribution in [0.1, 0.15) is 289 Å². The van der Waals surface area contributed by atoms with E-state index in [4.69, 9.17) is 51.2 Å². The number of esters is 2. The maximum absolute atomic E-state index is 11.0. The van der Waals surface area contributed by atoms with Gasteiger partial charge in [0.1, 0.15) is 18.0 Å². The average Bonchev–Trinajstić information content (AvgIpc) is 0.898. The zero-order valence-electron chi connectivity index (χ0n) is 75.9. The van der Waals surface area contributed by atoms with Gasteiger partial charge >= 0.3 is 11.9 Å². The van der Waals surface area contributed by atoms with E-state index in [-0.39, 0.29) is 55.5 Å². The number of oxime groups is 1. The number of nitrogens with two attached hydrogens (primary N) is 3. The summed E-state index contributed by atoms with van der Waals surface area (Å²) in [5.74, 6) is -0.151. The standard InChI is InChI=1S/2C9H18N2O2.C9H19NO.2C8H17NO.C7H14N2O.C7H16N2.C7H15NO.C7H13NO.2C7H15NO.C2H6O/c1-11-7-2-4-8(5-3-7)13-9(12)6-10;1-11-7-4-2-3-5-8(7)13-9(12)6-10;1-3-11-9-7-5-4-6-8(9)10-2;1-9-7-4-3-5-8(6-7)10-2;1-9-7-5-3-4-6-8(7)10-2;1-8-6-2-4-7(9-10)5-3-6;1-9-7-4-2-6(8)3-5-7;2*1-8-6-2-4-7(9)5-3-6;1-8-6-3-2-4-7(9)5-6;1-8-6-4-2-3-5-7(6)9;1-3-2/h2*7-8,11H,2-6,10H2,1H3;8-10H,3-7H2,1-2H3;2*7-9H,3-6H2,1-2H3;6,8,10H,2-5H2,1H3;6-7,9H,2-5,8H2,1H3;6-9H,2-5H2,1H3;6,8H,2-5H2,1H3;2*6-9H,2-5H2,1H3;1-2H3. The lowest BCUT2D eigenvalue weighted by Crippen LogP contribution is -2.43.